The van der Waals surface area contributed by atoms with Crippen LogP contribution in [0.2, 0.25) is 0 Å². The third-order valence-corrected chi connectivity index (χ3v) is 2.62. The summed E-state index contributed by atoms with van der Waals surface area (Å²) in [6, 6.07) is 2.29. The molecule has 0 bridgehead atoms. The number of hydrogen-bond acceptors (Lipinski definition) is 4. The van der Waals surface area contributed by atoms with Crippen molar-refractivity contribution in [2.24, 2.45) is 0 Å². The van der Waals surface area contributed by atoms with E-state index in [2.05, 4.69) is 11.4 Å². The maximum absolute atomic E-state index is 9.05. The zero-order valence-corrected chi connectivity index (χ0v) is 8.17. The van der Waals surface area contributed by atoms with Gasteiger partial charge in [0.05, 0.1) is 12.2 Å². The van der Waals surface area contributed by atoms with E-state index in [-0.39, 0.29) is 12.9 Å². The fourth-order valence-corrected chi connectivity index (χ4v) is 1.82. The molecule has 0 unspecified atom stereocenters. The number of nitriles is 1. The molecule has 0 spiro atoms. The normalized spacial score (nSPS) is 33.2. The highest BCUT2D eigenvalue weighted by Gasteiger charge is 2.42. The van der Waals surface area contributed by atoms with Crippen LogP contribution in [-0.4, -0.2) is 32.6 Å². The van der Waals surface area contributed by atoms with Crippen LogP contribution in [0.15, 0.2) is 0 Å². The number of rotatable bonds is 4. The minimum atomic E-state index is -0.501. The molecule has 0 heterocycles. The summed E-state index contributed by atoms with van der Waals surface area (Å²) >= 11 is 0. The van der Waals surface area contributed by atoms with Crippen molar-refractivity contribution in [2.75, 3.05) is 21.0 Å². The molecule has 0 aliphatic heterocycles. The van der Waals surface area contributed by atoms with Crippen LogP contribution in [0.25, 0.3) is 0 Å². The average Bonchev–Trinajstić information content (AvgIpc) is 2.58. The molecule has 1 saturated carbocycles. The monoisotopic (exact) mass is 184 g/mol. The standard InChI is InChI=1S/C9H16N2O2/c1-11-9(6-10)5-3-4-8(9)13-7-12-2/h8,11H,3-5,7H2,1-2H3/t8-,9-/m1/s1. The van der Waals surface area contributed by atoms with Gasteiger partial charge in [0.2, 0.25) is 0 Å². The number of hydrogen-bond donors (Lipinski definition) is 1. The summed E-state index contributed by atoms with van der Waals surface area (Å²) in [4.78, 5) is 0. The molecule has 0 aromatic rings. The van der Waals surface area contributed by atoms with Crippen LogP contribution in [0.4, 0.5) is 0 Å². The molecule has 0 saturated heterocycles. The molecule has 4 heteroatoms. The van der Waals surface area contributed by atoms with E-state index >= 15 is 0 Å². The summed E-state index contributed by atoms with van der Waals surface area (Å²) in [5.41, 5.74) is -0.501. The highest BCUT2D eigenvalue weighted by atomic mass is 16.7. The molecule has 1 aliphatic rings. The van der Waals surface area contributed by atoms with Gasteiger partial charge in [0.1, 0.15) is 12.3 Å². The lowest BCUT2D eigenvalue weighted by molar-refractivity contribution is -0.0851. The van der Waals surface area contributed by atoms with Crippen LogP contribution in [0.3, 0.4) is 0 Å². The molecule has 0 aromatic heterocycles. The third-order valence-electron chi connectivity index (χ3n) is 2.62. The van der Waals surface area contributed by atoms with Gasteiger partial charge in [0.15, 0.2) is 0 Å². The molecule has 74 valence electrons. The number of ether oxygens (including phenoxy) is 2. The Hall–Kier alpha value is -0.630. The summed E-state index contributed by atoms with van der Waals surface area (Å²) in [5, 5.41) is 12.1. The Kier molecular flexibility index (Phi) is 3.67. The minimum absolute atomic E-state index is 0.0394. The van der Waals surface area contributed by atoms with Crippen molar-refractivity contribution in [2.45, 2.75) is 30.9 Å². The Labute approximate surface area is 78.8 Å². The van der Waals surface area contributed by atoms with Gasteiger partial charge >= 0.3 is 0 Å². The second-order valence-corrected chi connectivity index (χ2v) is 3.29. The van der Waals surface area contributed by atoms with Gasteiger partial charge in [-0.2, -0.15) is 5.26 Å². The smallest absolute Gasteiger partial charge is 0.146 e. The molecular weight excluding hydrogens is 168 g/mol. The highest BCUT2D eigenvalue weighted by molar-refractivity contribution is 5.14. The summed E-state index contributed by atoms with van der Waals surface area (Å²) in [6.45, 7) is 0.260. The van der Waals surface area contributed by atoms with Gasteiger partial charge in [0, 0.05) is 7.11 Å². The fourth-order valence-electron chi connectivity index (χ4n) is 1.82. The lowest BCUT2D eigenvalue weighted by Crippen LogP contribution is -2.49. The minimum Gasteiger partial charge on any atom is -0.359 e. The second-order valence-electron chi connectivity index (χ2n) is 3.29. The molecule has 2 atom stereocenters. The second kappa shape index (κ2) is 4.56. The fraction of sp³-hybridized carbons (Fsp3) is 0.889. The first-order valence-corrected chi connectivity index (χ1v) is 4.50. The van der Waals surface area contributed by atoms with Crippen molar-refractivity contribution >= 4 is 0 Å². The molecule has 0 amide bonds. The number of likely N-dealkylation sites (N-methyl/N-ethyl adjacent to an activating group) is 1. The van der Waals surface area contributed by atoms with Gasteiger partial charge in [0.25, 0.3) is 0 Å². The van der Waals surface area contributed by atoms with E-state index in [0.717, 1.165) is 19.3 Å². The zero-order valence-electron chi connectivity index (χ0n) is 8.17. The summed E-state index contributed by atoms with van der Waals surface area (Å²) in [6.07, 6.45) is 2.78. The summed E-state index contributed by atoms with van der Waals surface area (Å²) in [5.74, 6) is 0. The maximum atomic E-state index is 9.05. The average molecular weight is 184 g/mol. The van der Waals surface area contributed by atoms with Crippen molar-refractivity contribution in [3.63, 3.8) is 0 Å². The Morgan fingerprint density at radius 3 is 3.00 bits per heavy atom. The first-order chi connectivity index (χ1) is 6.29. The largest absolute Gasteiger partial charge is 0.359 e. The third kappa shape index (κ3) is 1.99. The van der Waals surface area contributed by atoms with E-state index in [4.69, 9.17) is 14.7 Å². The molecular formula is C9H16N2O2. The molecule has 13 heavy (non-hydrogen) atoms. The Morgan fingerprint density at radius 2 is 2.46 bits per heavy atom. The Balaban J connectivity index is 2.57. The Bertz CT molecular complexity index is 202. The van der Waals surface area contributed by atoms with E-state index in [9.17, 15) is 0 Å². The predicted molar refractivity (Wildman–Crippen MR) is 48.0 cm³/mol. The van der Waals surface area contributed by atoms with Crippen LogP contribution >= 0.6 is 0 Å². The lowest BCUT2D eigenvalue weighted by atomic mass is 9.97. The Morgan fingerprint density at radius 1 is 1.69 bits per heavy atom. The topological polar surface area (TPSA) is 54.3 Å². The maximum Gasteiger partial charge on any atom is 0.146 e. The van der Waals surface area contributed by atoms with E-state index in [1.165, 1.54) is 0 Å². The van der Waals surface area contributed by atoms with Gasteiger partial charge in [-0.1, -0.05) is 0 Å². The quantitative estimate of drug-likeness (QED) is 0.651. The summed E-state index contributed by atoms with van der Waals surface area (Å²) < 4.78 is 10.3. The van der Waals surface area contributed by atoms with Gasteiger partial charge in [-0.05, 0) is 26.3 Å². The van der Waals surface area contributed by atoms with E-state index in [1.54, 1.807) is 14.2 Å². The number of nitrogens with one attached hydrogen (secondary N) is 1. The molecule has 0 aromatic carbocycles. The van der Waals surface area contributed by atoms with E-state index in [1.807, 2.05) is 0 Å². The van der Waals surface area contributed by atoms with Gasteiger partial charge in [-0.15, -0.1) is 0 Å². The van der Waals surface area contributed by atoms with Crippen LogP contribution in [0, 0.1) is 11.3 Å². The van der Waals surface area contributed by atoms with Crippen LogP contribution in [0.5, 0.6) is 0 Å². The number of methoxy groups -OCH3 is 1. The van der Waals surface area contributed by atoms with E-state index < -0.39 is 5.54 Å². The molecule has 4 nitrogen and oxygen atoms in total. The van der Waals surface area contributed by atoms with E-state index in [0.29, 0.717) is 0 Å². The van der Waals surface area contributed by atoms with Crippen molar-refractivity contribution < 1.29 is 9.47 Å². The molecule has 0 radical (unpaired) electrons. The van der Waals surface area contributed by atoms with Gasteiger partial charge in [-0.3, -0.25) is 0 Å². The van der Waals surface area contributed by atoms with Gasteiger partial charge in [-0.25, -0.2) is 0 Å². The first-order valence-electron chi connectivity index (χ1n) is 4.50. The SMILES string of the molecule is CN[C@@]1(C#N)CCC[C@H]1OCOC. The molecule has 1 N–H and O–H groups in total. The number of nitrogens with zero attached hydrogens (tertiary/aromatic N) is 1. The molecule has 1 rings (SSSR count). The van der Waals surface area contributed by atoms with Crippen LogP contribution < -0.4 is 5.32 Å². The van der Waals surface area contributed by atoms with Crippen LogP contribution in [-0.2, 0) is 9.47 Å². The summed E-state index contributed by atoms with van der Waals surface area (Å²) in [7, 11) is 3.39. The van der Waals surface area contributed by atoms with Crippen LogP contribution in [0.1, 0.15) is 19.3 Å². The highest BCUT2D eigenvalue weighted by Crippen LogP contribution is 2.31. The van der Waals surface area contributed by atoms with Crippen molar-refractivity contribution in [3.8, 4) is 6.07 Å². The first kappa shape index (κ1) is 10.5. The van der Waals surface area contributed by atoms with Crippen molar-refractivity contribution in [1.82, 2.24) is 5.32 Å². The lowest BCUT2D eigenvalue weighted by Gasteiger charge is -2.27. The molecule has 1 aliphatic carbocycles. The molecule has 1 fully saturated rings. The predicted octanol–water partition coefficient (Wildman–Crippen LogP) is 0.641. The van der Waals surface area contributed by atoms with Crippen molar-refractivity contribution in [3.05, 3.63) is 0 Å². The zero-order chi connectivity index (χ0) is 9.73. The van der Waals surface area contributed by atoms with Gasteiger partial charge < -0.3 is 14.8 Å². The van der Waals surface area contributed by atoms with Crippen molar-refractivity contribution in [1.29, 1.82) is 5.26 Å².